The van der Waals surface area contributed by atoms with Gasteiger partial charge in [0.1, 0.15) is 18.0 Å². The van der Waals surface area contributed by atoms with Crippen molar-refractivity contribution in [1.29, 1.82) is 0 Å². The second-order valence-corrected chi connectivity index (χ2v) is 5.08. The number of piperidine rings is 1. The van der Waals surface area contributed by atoms with E-state index in [0.29, 0.717) is 5.76 Å². The van der Waals surface area contributed by atoms with Crippen molar-refractivity contribution < 1.29 is 9.52 Å². The van der Waals surface area contributed by atoms with Gasteiger partial charge in [-0.2, -0.15) is 0 Å². The van der Waals surface area contributed by atoms with E-state index < -0.39 is 0 Å². The zero-order valence-corrected chi connectivity index (χ0v) is 10.6. The minimum atomic E-state index is -0.0316. The lowest BCUT2D eigenvalue weighted by molar-refractivity contribution is 0.221. The number of likely N-dealkylation sites (tertiary alicyclic amines) is 1. The molecular formula is C15H19NO2. The summed E-state index contributed by atoms with van der Waals surface area (Å²) in [6.45, 7) is 3.39. The number of fused-ring (bicyclic) bond motifs is 1. The fourth-order valence-corrected chi connectivity index (χ4v) is 2.68. The van der Waals surface area contributed by atoms with Gasteiger partial charge in [-0.3, -0.25) is 4.90 Å². The van der Waals surface area contributed by atoms with Gasteiger partial charge in [0.2, 0.25) is 0 Å². The predicted octanol–water partition coefficient (Wildman–Crippen LogP) is 2.91. The Hall–Kier alpha value is -1.32. The molecule has 1 saturated heterocycles. The quantitative estimate of drug-likeness (QED) is 0.903. The summed E-state index contributed by atoms with van der Waals surface area (Å²) in [5.74, 6) is 0.639. The first-order valence-electron chi connectivity index (χ1n) is 6.70. The fourth-order valence-electron chi connectivity index (χ4n) is 2.68. The molecule has 2 aromatic rings. The van der Waals surface area contributed by atoms with Crippen molar-refractivity contribution in [2.24, 2.45) is 0 Å². The Morgan fingerprint density at radius 2 is 1.94 bits per heavy atom. The Labute approximate surface area is 107 Å². The van der Waals surface area contributed by atoms with Crippen LogP contribution < -0.4 is 0 Å². The third-order valence-corrected chi connectivity index (χ3v) is 3.65. The highest BCUT2D eigenvalue weighted by molar-refractivity contribution is 5.78. The smallest absolute Gasteiger partial charge is 0.134 e. The molecular weight excluding hydrogens is 226 g/mol. The topological polar surface area (TPSA) is 36.6 Å². The summed E-state index contributed by atoms with van der Waals surface area (Å²) in [5.41, 5.74) is 2.18. The first-order chi connectivity index (χ1) is 8.85. The third-order valence-electron chi connectivity index (χ3n) is 3.65. The van der Waals surface area contributed by atoms with Crippen LogP contribution in [-0.2, 0) is 13.2 Å². The number of aliphatic hydroxyl groups is 1. The van der Waals surface area contributed by atoms with Crippen LogP contribution in [0, 0.1) is 0 Å². The molecule has 1 N–H and O–H groups in total. The van der Waals surface area contributed by atoms with Gasteiger partial charge < -0.3 is 9.52 Å². The van der Waals surface area contributed by atoms with Crippen LogP contribution in [0.3, 0.4) is 0 Å². The van der Waals surface area contributed by atoms with E-state index in [1.165, 1.54) is 37.9 Å². The Morgan fingerprint density at radius 3 is 2.72 bits per heavy atom. The van der Waals surface area contributed by atoms with Crippen molar-refractivity contribution >= 4 is 11.0 Å². The van der Waals surface area contributed by atoms with Crippen LogP contribution in [-0.4, -0.2) is 23.1 Å². The molecule has 3 heteroatoms. The Balaban J connectivity index is 1.79. The normalized spacial score (nSPS) is 17.4. The summed E-state index contributed by atoms with van der Waals surface area (Å²) in [7, 11) is 0. The first-order valence-corrected chi connectivity index (χ1v) is 6.70. The van der Waals surface area contributed by atoms with Crippen molar-refractivity contribution in [3.8, 4) is 0 Å². The van der Waals surface area contributed by atoms with Gasteiger partial charge in [-0.25, -0.2) is 0 Å². The molecule has 0 radical (unpaired) electrons. The van der Waals surface area contributed by atoms with Crippen LogP contribution in [0.25, 0.3) is 11.0 Å². The third kappa shape index (κ3) is 2.42. The lowest BCUT2D eigenvalue weighted by Crippen LogP contribution is -2.28. The highest BCUT2D eigenvalue weighted by Gasteiger charge is 2.11. The van der Waals surface area contributed by atoms with Gasteiger partial charge in [0, 0.05) is 11.9 Å². The molecule has 3 rings (SSSR count). The van der Waals surface area contributed by atoms with E-state index in [1.807, 2.05) is 6.07 Å². The molecule has 1 aromatic heterocycles. The van der Waals surface area contributed by atoms with Crippen molar-refractivity contribution in [2.45, 2.75) is 32.4 Å². The molecule has 1 aliphatic heterocycles. The summed E-state index contributed by atoms with van der Waals surface area (Å²) in [6, 6.07) is 8.24. The number of nitrogens with zero attached hydrogens (tertiary/aromatic N) is 1. The molecule has 18 heavy (non-hydrogen) atoms. The molecule has 2 heterocycles. The number of furan rings is 1. The zero-order valence-electron chi connectivity index (χ0n) is 10.6. The number of benzene rings is 1. The van der Waals surface area contributed by atoms with Gasteiger partial charge in [0.05, 0.1) is 0 Å². The van der Waals surface area contributed by atoms with Crippen LogP contribution in [0.2, 0.25) is 0 Å². The minimum Gasteiger partial charge on any atom is -0.459 e. The molecule has 0 saturated carbocycles. The summed E-state index contributed by atoms with van der Waals surface area (Å²) in [4.78, 5) is 2.50. The van der Waals surface area contributed by atoms with E-state index in [0.717, 1.165) is 17.5 Å². The SMILES string of the molecule is OCc1cc2ccc(CN3CCCCC3)cc2o1. The van der Waals surface area contributed by atoms with E-state index in [2.05, 4.69) is 23.1 Å². The summed E-state index contributed by atoms with van der Waals surface area (Å²) in [6.07, 6.45) is 4.00. The van der Waals surface area contributed by atoms with E-state index in [9.17, 15) is 0 Å². The van der Waals surface area contributed by atoms with Crippen molar-refractivity contribution in [3.63, 3.8) is 0 Å². The van der Waals surface area contributed by atoms with Crippen molar-refractivity contribution in [1.82, 2.24) is 4.90 Å². The summed E-state index contributed by atoms with van der Waals surface area (Å²) < 4.78 is 5.58. The van der Waals surface area contributed by atoms with Crippen LogP contribution in [0.5, 0.6) is 0 Å². The van der Waals surface area contributed by atoms with E-state index in [1.54, 1.807) is 0 Å². The van der Waals surface area contributed by atoms with Crippen LogP contribution in [0.1, 0.15) is 30.6 Å². The van der Waals surface area contributed by atoms with Gasteiger partial charge in [0.25, 0.3) is 0 Å². The maximum absolute atomic E-state index is 9.07. The van der Waals surface area contributed by atoms with E-state index >= 15 is 0 Å². The highest BCUT2D eigenvalue weighted by atomic mass is 16.4. The Morgan fingerprint density at radius 1 is 1.11 bits per heavy atom. The summed E-state index contributed by atoms with van der Waals surface area (Å²) in [5, 5.41) is 10.1. The maximum Gasteiger partial charge on any atom is 0.134 e. The van der Waals surface area contributed by atoms with Gasteiger partial charge >= 0.3 is 0 Å². The fraction of sp³-hybridized carbons (Fsp3) is 0.467. The van der Waals surface area contributed by atoms with Crippen LogP contribution in [0.15, 0.2) is 28.7 Å². The average molecular weight is 245 g/mol. The Bertz CT molecular complexity index is 526. The first kappa shape index (κ1) is 11.8. The molecule has 96 valence electrons. The molecule has 1 fully saturated rings. The van der Waals surface area contributed by atoms with Crippen molar-refractivity contribution in [3.05, 3.63) is 35.6 Å². The molecule has 0 spiro atoms. The summed E-state index contributed by atoms with van der Waals surface area (Å²) >= 11 is 0. The second kappa shape index (κ2) is 5.12. The molecule has 3 nitrogen and oxygen atoms in total. The van der Waals surface area contributed by atoms with Crippen molar-refractivity contribution in [2.75, 3.05) is 13.1 Å². The number of aliphatic hydroxyl groups excluding tert-OH is 1. The number of hydrogen-bond acceptors (Lipinski definition) is 3. The largest absolute Gasteiger partial charge is 0.459 e. The maximum atomic E-state index is 9.07. The molecule has 0 atom stereocenters. The molecule has 0 bridgehead atoms. The molecule has 1 aliphatic rings. The zero-order chi connectivity index (χ0) is 12.4. The van der Waals surface area contributed by atoms with E-state index in [4.69, 9.17) is 9.52 Å². The number of rotatable bonds is 3. The van der Waals surface area contributed by atoms with Gasteiger partial charge in [-0.15, -0.1) is 0 Å². The van der Waals surface area contributed by atoms with Gasteiger partial charge in [0.15, 0.2) is 0 Å². The van der Waals surface area contributed by atoms with E-state index in [-0.39, 0.29) is 6.61 Å². The van der Waals surface area contributed by atoms with Crippen LogP contribution in [0.4, 0.5) is 0 Å². The highest BCUT2D eigenvalue weighted by Crippen LogP contribution is 2.22. The Kier molecular flexibility index (Phi) is 3.35. The number of hydrogen-bond donors (Lipinski definition) is 1. The molecule has 0 aliphatic carbocycles. The minimum absolute atomic E-state index is 0.0316. The van der Waals surface area contributed by atoms with Crippen LogP contribution >= 0.6 is 0 Å². The molecule has 1 aromatic carbocycles. The standard InChI is InChI=1S/C15H19NO2/c17-11-14-9-13-5-4-12(8-15(13)18-14)10-16-6-2-1-3-7-16/h4-5,8-9,17H,1-3,6-7,10-11H2. The second-order valence-electron chi connectivity index (χ2n) is 5.08. The molecule has 0 amide bonds. The lowest BCUT2D eigenvalue weighted by Gasteiger charge is -2.26. The average Bonchev–Trinajstić information content (AvgIpc) is 2.82. The monoisotopic (exact) mass is 245 g/mol. The molecule has 0 unspecified atom stereocenters. The predicted molar refractivity (Wildman–Crippen MR) is 71.3 cm³/mol. The lowest BCUT2D eigenvalue weighted by atomic mass is 10.1. The van der Waals surface area contributed by atoms with Gasteiger partial charge in [-0.1, -0.05) is 18.6 Å². The van der Waals surface area contributed by atoms with Gasteiger partial charge in [-0.05, 0) is 43.6 Å².